The second-order valence-electron chi connectivity index (χ2n) is 5.62. The van der Waals surface area contributed by atoms with E-state index in [1.54, 1.807) is 0 Å². The van der Waals surface area contributed by atoms with E-state index in [4.69, 9.17) is 5.73 Å². The summed E-state index contributed by atoms with van der Waals surface area (Å²) < 4.78 is 1.86. The molecule has 2 rings (SSSR count). The molecular weight excluding hydrogens is 236 g/mol. The molecule has 1 aromatic heterocycles. The molecule has 98 valence electrons. The molecule has 17 heavy (non-hydrogen) atoms. The molecule has 0 aliphatic carbocycles. The summed E-state index contributed by atoms with van der Waals surface area (Å²) in [7, 11) is 1.96. The Kier molecular flexibility index (Phi) is 4.58. The standard InChI is InChI=1S/C12H22N4.ClH/c1-12(2)9-16(5-4-11(12)13)8-10-6-14-15(3)7-10;/h6-7,11H,4-5,8-9,13H2,1-3H3;1H. The van der Waals surface area contributed by atoms with E-state index in [0.717, 1.165) is 26.1 Å². The van der Waals surface area contributed by atoms with E-state index in [-0.39, 0.29) is 17.8 Å². The monoisotopic (exact) mass is 258 g/mol. The van der Waals surface area contributed by atoms with Crippen LogP contribution in [0.15, 0.2) is 12.4 Å². The van der Waals surface area contributed by atoms with E-state index < -0.39 is 0 Å². The van der Waals surface area contributed by atoms with Crippen LogP contribution in [0, 0.1) is 5.41 Å². The van der Waals surface area contributed by atoms with Gasteiger partial charge in [-0.05, 0) is 11.8 Å². The molecule has 1 aliphatic heterocycles. The largest absolute Gasteiger partial charge is 0.327 e. The first-order chi connectivity index (χ1) is 7.47. The number of hydrogen-bond acceptors (Lipinski definition) is 3. The van der Waals surface area contributed by atoms with Crippen LogP contribution in [0.2, 0.25) is 0 Å². The zero-order chi connectivity index (χ0) is 11.8. The minimum atomic E-state index is 0. The average Bonchev–Trinajstić information content (AvgIpc) is 2.57. The van der Waals surface area contributed by atoms with E-state index in [0.29, 0.717) is 6.04 Å². The molecule has 0 spiro atoms. The van der Waals surface area contributed by atoms with Crippen LogP contribution < -0.4 is 5.73 Å². The second-order valence-corrected chi connectivity index (χ2v) is 5.62. The fourth-order valence-electron chi connectivity index (χ4n) is 2.43. The van der Waals surface area contributed by atoms with Gasteiger partial charge in [-0.25, -0.2) is 0 Å². The lowest BCUT2D eigenvalue weighted by Gasteiger charge is -2.42. The smallest absolute Gasteiger partial charge is 0.0534 e. The second kappa shape index (κ2) is 5.38. The molecule has 0 bridgehead atoms. The van der Waals surface area contributed by atoms with Gasteiger partial charge in [-0.15, -0.1) is 12.4 Å². The van der Waals surface area contributed by atoms with Gasteiger partial charge >= 0.3 is 0 Å². The van der Waals surface area contributed by atoms with Gasteiger partial charge in [0.1, 0.15) is 0 Å². The average molecular weight is 259 g/mol. The van der Waals surface area contributed by atoms with E-state index in [2.05, 4.69) is 30.0 Å². The molecule has 2 N–H and O–H groups in total. The van der Waals surface area contributed by atoms with Crippen LogP contribution in [0.25, 0.3) is 0 Å². The quantitative estimate of drug-likeness (QED) is 0.872. The van der Waals surface area contributed by atoms with Crippen molar-refractivity contribution in [1.29, 1.82) is 0 Å². The molecule has 1 atom stereocenters. The Morgan fingerprint density at radius 1 is 1.53 bits per heavy atom. The van der Waals surface area contributed by atoms with Crippen molar-refractivity contribution in [3.63, 3.8) is 0 Å². The van der Waals surface area contributed by atoms with Crippen LogP contribution in [0.3, 0.4) is 0 Å². The van der Waals surface area contributed by atoms with Gasteiger partial charge in [0.25, 0.3) is 0 Å². The zero-order valence-electron chi connectivity index (χ0n) is 10.9. The third-order valence-corrected chi connectivity index (χ3v) is 3.56. The van der Waals surface area contributed by atoms with E-state index in [9.17, 15) is 0 Å². The van der Waals surface area contributed by atoms with Crippen molar-refractivity contribution in [2.45, 2.75) is 32.9 Å². The number of piperidine rings is 1. The van der Waals surface area contributed by atoms with Gasteiger partial charge in [0.05, 0.1) is 6.20 Å². The van der Waals surface area contributed by atoms with Gasteiger partial charge in [-0.3, -0.25) is 9.58 Å². The number of aromatic nitrogens is 2. The Bertz CT molecular complexity index is 361. The molecule has 2 heterocycles. The lowest BCUT2D eigenvalue weighted by atomic mass is 9.79. The molecule has 1 fully saturated rings. The Balaban J connectivity index is 0.00000144. The van der Waals surface area contributed by atoms with E-state index >= 15 is 0 Å². The summed E-state index contributed by atoms with van der Waals surface area (Å²) in [6, 6.07) is 0.331. The highest BCUT2D eigenvalue weighted by atomic mass is 35.5. The number of halogens is 1. The molecule has 4 nitrogen and oxygen atoms in total. The summed E-state index contributed by atoms with van der Waals surface area (Å²) in [6.07, 6.45) is 5.12. The van der Waals surface area contributed by atoms with Crippen LogP contribution in [0.5, 0.6) is 0 Å². The number of likely N-dealkylation sites (tertiary alicyclic amines) is 1. The maximum atomic E-state index is 6.13. The maximum absolute atomic E-state index is 6.13. The zero-order valence-corrected chi connectivity index (χ0v) is 11.7. The third kappa shape index (κ3) is 3.44. The minimum absolute atomic E-state index is 0. The highest BCUT2D eigenvalue weighted by Crippen LogP contribution is 2.28. The SMILES string of the molecule is Cl.Cn1cc(CN2CCC(N)C(C)(C)C2)cn1. The molecule has 5 heteroatoms. The number of nitrogens with zero attached hydrogens (tertiary/aromatic N) is 3. The topological polar surface area (TPSA) is 47.1 Å². The number of rotatable bonds is 2. The van der Waals surface area contributed by atoms with Gasteiger partial charge in [-0.1, -0.05) is 13.8 Å². The van der Waals surface area contributed by atoms with E-state index in [1.165, 1.54) is 5.56 Å². The number of nitrogens with two attached hydrogens (primary N) is 1. The first-order valence-corrected chi connectivity index (χ1v) is 5.93. The molecular formula is C12H23ClN4. The van der Waals surface area contributed by atoms with Crippen molar-refractivity contribution in [2.75, 3.05) is 13.1 Å². The minimum Gasteiger partial charge on any atom is -0.327 e. The fourth-order valence-corrected chi connectivity index (χ4v) is 2.43. The predicted octanol–water partition coefficient (Wildman–Crippen LogP) is 1.40. The van der Waals surface area contributed by atoms with Crippen molar-refractivity contribution in [2.24, 2.45) is 18.2 Å². The van der Waals surface area contributed by atoms with E-state index in [1.807, 2.05) is 17.9 Å². The Labute approximate surface area is 110 Å². The summed E-state index contributed by atoms with van der Waals surface area (Å²) in [5, 5.41) is 4.20. The molecule has 0 saturated carbocycles. The van der Waals surface area contributed by atoms with Gasteiger partial charge < -0.3 is 5.73 Å². The van der Waals surface area contributed by atoms with Crippen molar-refractivity contribution >= 4 is 12.4 Å². The van der Waals surface area contributed by atoms with Crippen molar-refractivity contribution in [1.82, 2.24) is 14.7 Å². The highest BCUT2D eigenvalue weighted by molar-refractivity contribution is 5.85. The molecule has 0 amide bonds. The van der Waals surface area contributed by atoms with Crippen molar-refractivity contribution < 1.29 is 0 Å². The van der Waals surface area contributed by atoms with Crippen molar-refractivity contribution in [3.05, 3.63) is 18.0 Å². The van der Waals surface area contributed by atoms with Crippen LogP contribution in [-0.4, -0.2) is 33.8 Å². The molecule has 1 aromatic rings. The highest BCUT2D eigenvalue weighted by Gasteiger charge is 2.33. The molecule has 1 unspecified atom stereocenters. The Morgan fingerprint density at radius 2 is 2.24 bits per heavy atom. The summed E-state index contributed by atoms with van der Waals surface area (Å²) in [5.74, 6) is 0. The summed E-state index contributed by atoms with van der Waals surface area (Å²) in [6.45, 7) is 7.67. The van der Waals surface area contributed by atoms with Gasteiger partial charge in [0.2, 0.25) is 0 Å². The van der Waals surface area contributed by atoms with Crippen LogP contribution >= 0.6 is 12.4 Å². The summed E-state index contributed by atoms with van der Waals surface area (Å²) in [4.78, 5) is 2.47. The first kappa shape index (κ1) is 14.5. The van der Waals surface area contributed by atoms with Crippen molar-refractivity contribution in [3.8, 4) is 0 Å². The van der Waals surface area contributed by atoms with Gasteiger partial charge in [0.15, 0.2) is 0 Å². The fraction of sp³-hybridized carbons (Fsp3) is 0.750. The maximum Gasteiger partial charge on any atom is 0.0534 e. The normalized spacial score (nSPS) is 24.4. The number of aryl methyl sites for hydroxylation is 1. The number of hydrogen-bond donors (Lipinski definition) is 1. The Morgan fingerprint density at radius 3 is 2.76 bits per heavy atom. The van der Waals surface area contributed by atoms with Crippen LogP contribution in [0.4, 0.5) is 0 Å². The third-order valence-electron chi connectivity index (χ3n) is 3.56. The lowest BCUT2D eigenvalue weighted by Crippen LogP contribution is -2.51. The van der Waals surface area contributed by atoms with Crippen LogP contribution in [0.1, 0.15) is 25.8 Å². The molecule has 0 aromatic carbocycles. The Hall–Kier alpha value is -0.580. The molecule has 1 saturated heterocycles. The summed E-state index contributed by atoms with van der Waals surface area (Å²) >= 11 is 0. The van der Waals surface area contributed by atoms with Gasteiger partial charge in [0, 0.05) is 44.5 Å². The summed E-state index contributed by atoms with van der Waals surface area (Å²) in [5.41, 5.74) is 7.64. The molecule has 0 radical (unpaired) electrons. The predicted molar refractivity (Wildman–Crippen MR) is 72.1 cm³/mol. The molecule has 1 aliphatic rings. The lowest BCUT2D eigenvalue weighted by molar-refractivity contribution is 0.0899. The van der Waals surface area contributed by atoms with Gasteiger partial charge in [-0.2, -0.15) is 5.10 Å². The first-order valence-electron chi connectivity index (χ1n) is 5.93. The van der Waals surface area contributed by atoms with Crippen LogP contribution in [-0.2, 0) is 13.6 Å².